The Morgan fingerprint density at radius 2 is 1.90 bits per heavy atom. The molecule has 4 rings (SSSR count). The van der Waals surface area contributed by atoms with Crippen molar-refractivity contribution in [1.29, 1.82) is 0 Å². The molecule has 0 radical (unpaired) electrons. The summed E-state index contributed by atoms with van der Waals surface area (Å²) in [6.07, 6.45) is 3.60. The van der Waals surface area contributed by atoms with Crippen LogP contribution in [0.2, 0.25) is 0 Å². The van der Waals surface area contributed by atoms with E-state index < -0.39 is 0 Å². The highest BCUT2D eigenvalue weighted by molar-refractivity contribution is 5.94. The van der Waals surface area contributed by atoms with Crippen molar-refractivity contribution in [2.75, 3.05) is 40.0 Å². The third-order valence-corrected chi connectivity index (χ3v) is 5.51. The van der Waals surface area contributed by atoms with E-state index in [2.05, 4.69) is 22.5 Å². The van der Waals surface area contributed by atoms with Gasteiger partial charge in [-0.1, -0.05) is 0 Å². The molecule has 0 aliphatic carbocycles. The van der Waals surface area contributed by atoms with Crippen molar-refractivity contribution in [2.24, 2.45) is 0 Å². The van der Waals surface area contributed by atoms with E-state index in [4.69, 9.17) is 9.47 Å². The molecule has 2 heterocycles. The Morgan fingerprint density at radius 1 is 1.17 bits per heavy atom. The number of carbonyl (C=O) groups excluding carboxylic acids is 1. The summed E-state index contributed by atoms with van der Waals surface area (Å²) < 4.78 is 12.6. The van der Waals surface area contributed by atoms with Crippen LogP contribution in [-0.4, -0.2) is 55.6 Å². The van der Waals surface area contributed by atoms with Crippen LogP contribution in [0.15, 0.2) is 67.0 Å². The van der Waals surface area contributed by atoms with Crippen LogP contribution < -0.4 is 15.0 Å². The third-order valence-electron chi connectivity index (χ3n) is 5.51. The normalized spacial score (nSPS) is 15.5. The quantitative estimate of drug-likeness (QED) is 0.619. The number of nitrogens with one attached hydrogen (secondary N) is 2. The summed E-state index contributed by atoms with van der Waals surface area (Å²) >= 11 is 0. The SMILES string of the molecule is COc1ccc([C@@H](CNC(=O)c2ccc(-n3cccn3)cc2)[NH+]2CCOCC2)cc1. The molecular formula is C23H27N4O3+. The maximum Gasteiger partial charge on any atom is 0.251 e. The molecule has 2 aromatic carbocycles. The second kappa shape index (κ2) is 9.56. The lowest BCUT2D eigenvalue weighted by Crippen LogP contribution is -3.15. The molecule has 0 unspecified atom stereocenters. The molecule has 0 spiro atoms. The van der Waals surface area contributed by atoms with Gasteiger partial charge in [0.15, 0.2) is 0 Å². The molecule has 30 heavy (non-hydrogen) atoms. The molecule has 1 aliphatic rings. The van der Waals surface area contributed by atoms with E-state index in [-0.39, 0.29) is 11.9 Å². The van der Waals surface area contributed by atoms with Gasteiger partial charge in [0, 0.05) is 23.5 Å². The van der Waals surface area contributed by atoms with Crippen molar-refractivity contribution in [2.45, 2.75) is 6.04 Å². The number of rotatable bonds is 7. The third kappa shape index (κ3) is 4.69. The number of quaternary nitrogens is 1. The molecule has 1 amide bonds. The van der Waals surface area contributed by atoms with Crippen molar-refractivity contribution in [3.8, 4) is 11.4 Å². The first-order valence-electron chi connectivity index (χ1n) is 10.2. The van der Waals surface area contributed by atoms with Gasteiger partial charge in [-0.2, -0.15) is 5.10 Å². The number of morpholine rings is 1. The lowest BCUT2D eigenvalue weighted by molar-refractivity contribution is -0.937. The monoisotopic (exact) mass is 407 g/mol. The first-order chi connectivity index (χ1) is 14.7. The largest absolute Gasteiger partial charge is 0.497 e. The fourth-order valence-corrected chi connectivity index (χ4v) is 3.80. The van der Waals surface area contributed by atoms with Gasteiger partial charge in [-0.05, 0) is 54.6 Å². The Kier molecular flexibility index (Phi) is 6.41. The van der Waals surface area contributed by atoms with Crippen molar-refractivity contribution >= 4 is 5.91 Å². The number of nitrogens with zero attached hydrogens (tertiary/aromatic N) is 2. The van der Waals surface area contributed by atoms with Crippen LogP contribution in [-0.2, 0) is 4.74 Å². The fourth-order valence-electron chi connectivity index (χ4n) is 3.80. The summed E-state index contributed by atoms with van der Waals surface area (Å²) in [7, 11) is 1.66. The zero-order valence-corrected chi connectivity index (χ0v) is 17.1. The van der Waals surface area contributed by atoms with Crippen LogP contribution in [0.1, 0.15) is 22.0 Å². The van der Waals surface area contributed by atoms with Gasteiger partial charge in [0.05, 0.1) is 32.6 Å². The van der Waals surface area contributed by atoms with Crippen molar-refractivity contribution < 1.29 is 19.2 Å². The predicted molar refractivity (Wildman–Crippen MR) is 113 cm³/mol. The van der Waals surface area contributed by atoms with Gasteiger partial charge < -0.3 is 19.7 Å². The van der Waals surface area contributed by atoms with E-state index in [1.807, 2.05) is 48.7 Å². The van der Waals surface area contributed by atoms with Crippen LogP contribution in [0, 0.1) is 0 Å². The van der Waals surface area contributed by atoms with Gasteiger partial charge >= 0.3 is 0 Å². The molecule has 7 nitrogen and oxygen atoms in total. The highest BCUT2D eigenvalue weighted by Gasteiger charge is 2.27. The van der Waals surface area contributed by atoms with Crippen LogP contribution in [0.25, 0.3) is 5.69 Å². The van der Waals surface area contributed by atoms with Gasteiger partial charge in [0.2, 0.25) is 0 Å². The minimum Gasteiger partial charge on any atom is -0.497 e. The number of amides is 1. The maximum absolute atomic E-state index is 12.8. The van der Waals surface area contributed by atoms with Crippen LogP contribution in [0.5, 0.6) is 5.75 Å². The van der Waals surface area contributed by atoms with Crippen molar-refractivity contribution in [1.82, 2.24) is 15.1 Å². The van der Waals surface area contributed by atoms with E-state index in [0.29, 0.717) is 12.1 Å². The minimum absolute atomic E-state index is 0.0758. The molecule has 1 atom stereocenters. The average Bonchev–Trinajstić information content (AvgIpc) is 3.35. The molecular weight excluding hydrogens is 380 g/mol. The zero-order chi connectivity index (χ0) is 20.8. The van der Waals surface area contributed by atoms with Crippen molar-refractivity contribution in [3.63, 3.8) is 0 Å². The Balaban J connectivity index is 1.45. The minimum atomic E-state index is -0.0758. The first kappa shape index (κ1) is 20.1. The van der Waals surface area contributed by atoms with Crippen LogP contribution in [0.3, 0.4) is 0 Å². The summed E-state index contributed by atoms with van der Waals surface area (Å²) in [6, 6.07) is 17.6. The Morgan fingerprint density at radius 3 is 2.53 bits per heavy atom. The molecule has 1 fully saturated rings. The van der Waals surface area contributed by atoms with Gasteiger partial charge in [-0.3, -0.25) is 4.79 Å². The summed E-state index contributed by atoms with van der Waals surface area (Å²) in [4.78, 5) is 14.2. The average molecular weight is 407 g/mol. The number of carbonyl (C=O) groups is 1. The lowest BCUT2D eigenvalue weighted by atomic mass is 10.0. The Labute approximate surface area is 176 Å². The number of hydrogen-bond donors (Lipinski definition) is 2. The van der Waals surface area contributed by atoms with E-state index in [1.165, 1.54) is 10.5 Å². The Bertz CT molecular complexity index is 934. The maximum atomic E-state index is 12.8. The number of ether oxygens (including phenoxy) is 2. The van der Waals surface area contributed by atoms with Gasteiger partial charge in [0.25, 0.3) is 5.91 Å². The summed E-state index contributed by atoms with van der Waals surface area (Å²) in [5.74, 6) is 0.754. The number of hydrogen-bond acceptors (Lipinski definition) is 4. The van der Waals surface area contributed by atoms with Crippen LogP contribution >= 0.6 is 0 Å². The first-order valence-corrected chi connectivity index (χ1v) is 10.2. The van der Waals surface area contributed by atoms with Crippen LogP contribution in [0.4, 0.5) is 0 Å². The molecule has 2 N–H and O–H groups in total. The molecule has 1 saturated heterocycles. The standard InChI is InChI=1S/C23H26N4O3/c1-29-21-9-5-18(6-10-21)22(26-13-15-30-16-14-26)17-24-23(28)19-3-7-20(8-4-19)27-12-2-11-25-27/h2-12,22H,13-17H2,1H3,(H,24,28)/p+1/t22-/m1/s1. The highest BCUT2D eigenvalue weighted by Crippen LogP contribution is 2.16. The number of aromatic nitrogens is 2. The van der Waals surface area contributed by atoms with E-state index in [1.54, 1.807) is 18.0 Å². The topological polar surface area (TPSA) is 69.8 Å². The van der Waals surface area contributed by atoms with E-state index in [0.717, 1.165) is 37.7 Å². The second-order valence-corrected chi connectivity index (χ2v) is 7.30. The van der Waals surface area contributed by atoms with E-state index in [9.17, 15) is 4.79 Å². The van der Waals surface area contributed by atoms with E-state index >= 15 is 0 Å². The molecule has 1 aromatic heterocycles. The summed E-state index contributed by atoms with van der Waals surface area (Å²) in [5, 5.41) is 7.34. The summed E-state index contributed by atoms with van der Waals surface area (Å²) in [6.45, 7) is 3.88. The zero-order valence-electron chi connectivity index (χ0n) is 17.1. The smallest absolute Gasteiger partial charge is 0.251 e. The highest BCUT2D eigenvalue weighted by atomic mass is 16.5. The number of methoxy groups -OCH3 is 1. The fraction of sp³-hybridized carbons (Fsp3) is 0.304. The lowest BCUT2D eigenvalue weighted by Gasteiger charge is -2.32. The van der Waals surface area contributed by atoms with Crippen molar-refractivity contribution in [3.05, 3.63) is 78.1 Å². The summed E-state index contributed by atoms with van der Waals surface area (Å²) in [5.41, 5.74) is 2.74. The molecule has 156 valence electrons. The molecule has 7 heteroatoms. The Hall–Kier alpha value is -3.16. The number of benzene rings is 2. The van der Waals surface area contributed by atoms with Gasteiger partial charge in [-0.15, -0.1) is 0 Å². The predicted octanol–water partition coefficient (Wildman–Crippen LogP) is 1.27. The van der Waals surface area contributed by atoms with Gasteiger partial charge in [-0.25, -0.2) is 4.68 Å². The molecule has 0 saturated carbocycles. The molecule has 3 aromatic rings. The molecule has 1 aliphatic heterocycles. The van der Waals surface area contributed by atoms with Gasteiger partial charge in [0.1, 0.15) is 24.9 Å². The second-order valence-electron chi connectivity index (χ2n) is 7.30. The molecule has 0 bridgehead atoms.